The van der Waals surface area contributed by atoms with Crippen molar-refractivity contribution >= 4 is 23.4 Å². The van der Waals surface area contributed by atoms with Gasteiger partial charge in [-0.15, -0.1) is 0 Å². The largest absolute Gasteiger partial charge is 0.339 e. The van der Waals surface area contributed by atoms with E-state index in [0.717, 1.165) is 5.56 Å². The predicted molar refractivity (Wildman–Crippen MR) is 119 cm³/mol. The van der Waals surface area contributed by atoms with E-state index in [1.807, 2.05) is 25.1 Å². The van der Waals surface area contributed by atoms with E-state index in [1.54, 1.807) is 44.7 Å². The standard InChI is InChI=1S/C24H23ClFN3O2/c1-16-20(24(31)28-13-11-27(12-14-28)17(2)30)15-23(18-7-9-19(25)10-8-18)29(16)22-6-4-3-5-21(22)26/h3-10,15H,11-14H2,1-2H3. The van der Waals surface area contributed by atoms with Gasteiger partial charge < -0.3 is 14.4 Å². The van der Waals surface area contributed by atoms with Crippen LogP contribution in [0.1, 0.15) is 23.0 Å². The van der Waals surface area contributed by atoms with Gasteiger partial charge in [-0.25, -0.2) is 4.39 Å². The van der Waals surface area contributed by atoms with Crippen molar-refractivity contribution in [1.82, 2.24) is 14.4 Å². The quantitative estimate of drug-likeness (QED) is 0.601. The number of halogens is 2. The minimum Gasteiger partial charge on any atom is -0.339 e. The fraction of sp³-hybridized carbons (Fsp3) is 0.250. The van der Waals surface area contributed by atoms with Crippen LogP contribution in [0.15, 0.2) is 54.6 Å². The minimum absolute atomic E-state index is 0.0130. The Hall–Kier alpha value is -3.12. The molecule has 1 aromatic heterocycles. The summed E-state index contributed by atoms with van der Waals surface area (Å²) >= 11 is 6.05. The van der Waals surface area contributed by atoms with E-state index in [4.69, 9.17) is 11.6 Å². The molecule has 3 aromatic rings. The molecule has 0 bridgehead atoms. The zero-order valence-electron chi connectivity index (χ0n) is 17.4. The minimum atomic E-state index is -0.370. The van der Waals surface area contributed by atoms with E-state index in [9.17, 15) is 14.0 Å². The molecule has 0 saturated carbocycles. The molecule has 0 N–H and O–H groups in total. The molecule has 1 saturated heterocycles. The highest BCUT2D eigenvalue weighted by atomic mass is 35.5. The molecule has 2 heterocycles. The zero-order valence-corrected chi connectivity index (χ0v) is 18.2. The second kappa shape index (κ2) is 8.55. The molecule has 7 heteroatoms. The smallest absolute Gasteiger partial charge is 0.255 e. The van der Waals surface area contributed by atoms with Crippen LogP contribution in [0.2, 0.25) is 5.02 Å². The summed E-state index contributed by atoms with van der Waals surface area (Å²) < 4.78 is 16.5. The number of rotatable bonds is 3. The number of hydrogen-bond donors (Lipinski definition) is 0. The third kappa shape index (κ3) is 4.08. The molecule has 0 radical (unpaired) electrons. The van der Waals surface area contributed by atoms with Crippen LogP contribution < -0.4 is 0 Å². The summed E-state index contributed by atoms with van der Waals surface area (Å²) in [5, 5.41) is 0.601. The molecule has 31 heavy (non-hydrogen) atoms. The van der Waals surface area contributed by atoms with E-state index >= 15 is 0 Å². The Kier molecular flexibility index (Phi) is 5.83. The molecule has 0 unspecified atom stereocenters. The Morgan fingerprint density at radius 1 is 0.935 bits per heavy atom. The maximum absolute atomic E-state index is 14.7. The number of aromatic nitrogens is 1. The van der Waals surface area contributed by atoms with E-state index in [2.05, 4.69) is 0 Å². The van der Waals surface area contributed by atoms with Crippen LogP contribution in [-0.4, -0.2) is 52.4 Å². The third-order valence-corrected chi connectivity index (χ3v) is 5.98. The molecule has 0 atom stereocenters. The number of nitrogens with zero attached hydrogens (tertiary/aromatic N) is 3. The van der Waals surface area contributed by atoms with Crippen molar-refractivity contribution in [3.8, 4) is 16.9 Å². The summed E-state index contributed by atoms with van der Waals surface area (Å²) in [6.07, 6.45) is 0. The van der Waals surface area contributed by atoms with Gasteiger partial charge in [0.25, 0.3) is 5.91 Å². The van der Waals surface area contributed by atoms with Crippen LogP contribution in [-0.2, 0) is 4.79 Å². The number of carbonyl (C=O) groups is 2. The zero-order chi connectivity index (χ0) is 22.1. The lowest BCUT2D eigenvalue weighted by atomic mass is 10.1. The monoisotopic (exact) mass is 439 g/mol. The van der Waals surface area contributed by atoms with Crippen LogP contribution >= 0.6 is 11.6 Å². The SMILES string of the molecule is CC(=O)N1CCN(C(=O)c2cc(-c3ccc(Cl)cc3)n(-c3ccccc3F)c2C)CC1. The molecular weight excluding hydrogens is 417 g/mol. The van der Waals surface area contributed by atoms with E-state index in [-0.39, 0.29) is 17.6 Å². The lowest BCUT2D eigenvalue weighted by Gasteiger charge is -2.34. The van der Waals surface area contributed by atoms with Gasteiger partial charge in [-0.3, -0.25) is 9.59 Å². The van der Waals surface area contributed by atoms with Crippen molar-refractivity contribution in [1.29, 1.82) is 0 Å². The number of amides is 2. The molecule has 1 aliphatic heterocycles. The highest BCUT2D eigenvalue weighted by Gasteiger charge is 2.27. The summed E-state index contributed by atoms with van der Waals surface area (Å²) in [7, 11) is 0. The van der Waals surface area contributed by atoms with Crippen molar-refractivity contribution in [2.45, 2.75) is 13.8 Å². The van der Waals surface area contributed by atoms with Crippen molar-refractivity contribution in [3.63, 3.8) is 0 Å². The maximum Gasteiger partial charge on any atom is 0.255 e. The molecule has 0 aliphatic carbocycles. The Balaban J connectivity index is 1.77. The van der Waals surface area contributed by atoms with Crippen molar-refractivity contribution < 1.29 is 14.0 Å². The normalized spacial score (nSPS) is 14.1. The fourth-order valence-electron chi connectivity index (χ4n) is 3.99. The molecule has 1 aliphatic rings. The average Bonchev–Trinajstić information content (AvgIpc) is 3.11. The Morgan fingerprint density at radius 3 is 2.16 bits per heavy atom. The summed E-state index contributed by atoms with van der Waals surface area (Å²) in [4.78, 5) is 28.4. The van der Waals surface area contributed by atoms with Crippen LogP contribution in [0.5, 0.6) is 0 Å². The maximum atomic E-state index is 14.7. The first-order chi connectivity index (χ1) is 14.9. The second-order valence-corrected chi connectivity index (χ2v) is 8.06. The summed E-state index contributed by atoms with van der Waals surface area (Å²) in [6, 6.07) is 15.6. The van der Waals surface area contributed by atoms with Crippen LogP contribution in [0.25, 0.3) is 16.9 Å². The Labute approximate surface area is 185 Å². The van der Waals surface area contributed by atoms with Gasteiger partial charge in [0.15, 0.2) is 0 Å². The highest BCUT2D eigenvalue weighted by molar-refractivity contribution is 6.30. The Morgan fingerprint density at radius 2 is 1.55 bits per heavy atom. The first-order valence-electron chi connectivity index (χ1n) is 10.1. The summed E-state index contributed by atoms with van der Waals surface area (Å²) in [5.74, 6) is -0.476. The molecule has 4 rings (SSSR count). The Bertz CT molecular complexity index is 1130. The van der Waals surface area contributed by atoms with E-state index in [1.165, 1.54) is 13.0 Å². The molecule has 2 aromatic carbocycles. The third-order valence-electron chi connectivity index (χ3n) is 5.72. The molecule has 2 amide bonds. The average molecular weight is 440 g/mol. The van der Waals surface area contributed by atoms with Gasteiger partial charge in [0.2, 0.25) is 5.91 Å². The predicted octanol–water partition coefficient (Wildman–Crippen LogP) is 4.55. The molecule has 5 nitrogen and oxygen atoms in total. The van der Waals surface area contributed by atoms with E-state index < -0.39 is 0 Å². The molecule has 1 fully saturated rings. The molecule has 160 valence electrons. The van der Waals surface area contributed by atoms with Crippen LogP contribution in [0.3, 0.4) is 0 Å². The van der Waals surface area contributed by atoms with E-state index in [0.29, 0.717) is 53.8 Å². The van der Waals surface area contributed by atoms with Crippen molar-refractivity contribution in [2.75, 3.05) is 26.2 Å². The van der Waals surface area contributed by atoms with Gasteiger partial charge in [-0.2, -0.15) is 0 Å². The highest BCUT2D eigenvalue weighted by Crippen LogP contribution is 2.32. The number of para-hydroxylation sites is 1. The summed E-state index contributed by atoms with van der Waals surface area (Å²) in [5.41, 5.74) is 3.10. The lowest BCUT2D eigenvalue weighted by molar-refractivity contribution is -0.130. The number of benzene rings is 2. The summed E-state index contributed by atoms with van der Waals surface area (Å²) in [6.45, 7) is 5.33. The van der Waals surface area contributed by atoms with Crippen molar-refractivity contribution in [2.24, 2.45) is 0 Å². The van der Waals surface area contributed by atoms with Gasteiger partial charge in [0.1, 0.15) is 5.82 Å². The van der Waals surface area contributed by atoms with Crippen LogP contribution in [0, 0.1) is 12.7 Å². The topological polar surface area (TPSA) is 45.6 Å². The first kappa shape index (κ1) is 21.1. The van der Waals surface area contributed by atoms with Crippen molar-refractivity contribution in [3.05, 3.63) is 76.7 Å². The van der Waals surface area contributed by atoms with Gasteiger partial charge in [0.05, 0.1) is 16.9 Å². The van der Waals surface area contributed by atoms with Gasteiger partial charge >= 0.3 is 0 Å². The van der Waals surface area contributed by atoms with Gasteiger partial charge in [0, 0.05) is 43.8 Å². The fourth-order valence-corrected chi connectivity index (χ4v) is 4.12. The number of piperazine rings is 1. The first-order valence-corrected chi connectivity index (χ1v) is 10.5. The van der Waals surface area contributed by atoms with Gasteiger partial charge in [-0.05, 0) is 42.8 Å². The number of hydrogen-bond acceptors (Lipinski definition) is 2. The van der Waals surface area contributed by atoms with Gasteiger partial charge in [-0.1, -0.05) is 35.9 Å². The molecular formula is C24H23ClFN3O2. The lowest BCUT2D eigenvalue weighted by Crippen LogP contribution is -2.50. The number of carbonyl (C=O) groups excluding carboxylic acids is 2. The molecule has 0 spiro atoms. The van der Waals surface area contributed by atoms with Crippen LogP contribution in [0.4, 0.5) is 4.39 Å². The second-order valence-electron chi connectivity index (χ2n) is 7.62.